The summed E-state index contributed by atoms with van der Waals surface area (Å²) in [5, 5.41) is 4.46. The summed E-state index contributed by atoms with van der Waals surface area (Å²) in [6, 6.07) is 27.6. The van der Waals surface area contributed by atoms with Gasteiger partial charge in [0.25, 0.3) is 0 Å². The lowest BCUT2D eigenvalue weighted by Gasteiger charge is -2.02. The van der Waals surface area contributed by atoms with Gasteiger partial charge in [0.2, 0.25) is 0 Å². The van der Waals surface area contributed by atoms with E-state index >= 15 is 0 Å². The van der Waals surface area contributed by atoms with Crippen LogP contribution in [0.25, 0.3) is 21.5 Å². The molecule has 136 valence electrons. The zero-order valence-electron chi connectivity index (χ0n) is 15.1. The third kappa shape index (κ3) is 4.27. The van der Waals surface area contributed by atoms with Crippen molar-refractivity contribution in [3.05, 3.63) is 110 Å². The standard InChI is InChI=1S/C25H18O3/c26-23(13-15-27-24-11-9-19-5-1-3-7-21(19)17-24)14-16-28-25-12-10-20-6-2-4-8-22(20)18-25/h1-18H. The predicted octanol–water partition coefficient (Wildman–Crippen LogP) is 6.05. The number of rotatable bonds is 6. The molecule has 0 unspecified atom stereocenters. The Balaban J connectivity index is 1.33. The van der Waals surface area contributed by atoms with Gasteiger partial charge in [0.1, 0.15) is 11.5 Å². The molecule has 0 saturated carbocycles. The molecule has 3 nitrogen and oxygen atoms in total. The highest BCUT2D eigenvalue weighted by molar-refractivity contribution is 5.98. The molecule has 0 saturated heterocycles. The predicted molar refractivity (Wildman–Crippen MR) is 112 cm³/mol. The second kappa shape index (κ2) is 8.23. The number of allylic oxidation sites excluding steroid dienone is 2. The second-order valence-electron chi connectivity index (χ2n) is 6.26. The molecule has 0 amide bonds. The maximum atomic E-state index is 11.9. The van der Waals surface area contributed by atoms with E-state index in [1.165, 1.54) is 24.7 Å². The molecule has 0 aliphatic heterocycles. The number of fused-ring (bicyclic) bond motifs is 2. The lowest BCUT2D eigenvalue weighted by atomic mass is 10.1. The monoisotopic (exact) mass is 366 g/mol. The van der Waals surface area contributed by atoms with Gasteiger partial charge in [-0.3, -0.25) is 4.79 Å². The van der Waals surface area contributed by atoms with Gasteiger partial charge in [-0.15, -0.1) is 0 Å². The van der Waals surface area contributed by atoms with Crippen molar-refractivity contribution < 1.29 is 14.3 Å². The summed E-state index contributed by atoms with van der Waals surface area (Å²) in [6.07, 6.45) is 5.48. The minimum atomic E-state index is -0.221. The van der Waals surface area contributed by atoms with Gasteiger partial charge in [-0.25, -0.2) is 0 Å². The molecule has 4 aromatic rings. The zero-order chi connectivity index (χ0) is 19.2. The summed E-state index contributed by atoms with van der Waals surface area (Å²) >= 11 is 0. The Bertz CT molecular complexity index is 1100. The van der Waals surface area contributed by atoms with Crippen molar-refractivity contribution in [2.45, 2.75) is 0 Å². The zero-order valence-corrected chi connectivity index (χ0v) is 15.1. The largest absolute Gasteiger partial charge is 0.465 e. The maximum Gasteiger partial charge on any atom is 0.184 e. The topological polar surface area (TPSA) is 35.5 Å². The Morgan fingerprint density at radius 2 is 1.00 bits per heavy atom. The molecule has 28 heavy (non-hydrogen) atoms. The van der Waals surface area contributed by atoms with Crippen LogP contribution in [0.2, 0.25) is 0 Å². The van der Waals surface area contributed by atoms with Crippen molar-refractivity contribution in [1.82, 2.24) is 0 Å². The molecule has 0 aliphatic rings. The molecule has 0 atom stereocenters. The third-order valence-electron chi connectivity index (χ3n) is 4.31. The first-order valence-corrected chi connectivity index (χ1v) is 8.96. The van der Waals surface area contributed by atoms with Gasteiger partial charge in [-0.2, -0.15) is 0 Å². The van der Waals surface area contributed by atoms with E-state index in [1.807, 2.05) is 84.9 Å². The van der Waals surface area contributed by atoms with E-state index in [1.54, 1.807) is 0 Å². The molecule has 0 N–H and O–H groups in total. The summed E-state index contributed by atoms with van der Waals surface area (Å²) in [5.41, 5.74) is 0. The van der Waals surface area contributed by atoms with Gasteiger partial charge >= 0.3 is 0 Å². The quantitative estimate of drug-likeness (QED) is 0.308. The molecule has 4 aromatic carbocycles. The first kappa shape index (κ1) is 17.6. The second-order valence-corrected chi connectivity index (χ2v) is 6.26. The van der Waals surface area contributed by atoms with Crippen LogP contribution in [0.3, 0.4) is 0 Å². The summed E-state index contributed by atoms with van der Waals surface area (Å²) in [5.74, 6) is 1.14. The van der Waals surface area contributed by atoms with Crippen molar-refractivity contribution in [2.75, 3.05) is 0 Å². The third-order valence-corrected chi connectivity index (χ3v) is 4.31. The van der Waals surface area contributed by atoms with Crippen LogP contribution in [0.4, 0.5) is 0 Å². The minimum Gasteiger partial charge on any atom is -0.465 e. The lowest BCUT2D eigenvalue weighted by molar-refractivity contribution is -0.110. The van der Waals surface area contributed by atoms with Gasteiger partial charge in [0.15, 0.2) is 5.78 Å². The highest BCUT2D eigenvalue weighted by Crippen LogP contribution is 2.21. The fourth-order valence-corrected chi connectivity index (χ4v) is 2.90. The average Bonchev–Trinajstić information content (AvgIpc) is 2.73. The molecule has 0 aromatic heterocycles. The van der Waals surface area contributed by atoms with Gasteiger partial charge in [-0.05, 0) is 45.8 Å². The molecule has 0 fully saturated rings. The maximum absolute atomic E-state index is 11.9. The Morgan fingerprint density at radius 1 is 0.571 bits per heavy atom. The van der Waals surface area contributed by atoms with Gasteiger partial charge < -0.3 is 9.47 Å². The summed E-state index contributed by atoms with van der Waals surface area (Å²) in [4.78, 5) is 11.9. The first-order valence-electron chi connectivity index (χ1n) is 8.96. The average molecular weight is 366 g/mol. The highest BCUT2D eigenvalue weighted by atomic mass is 16.5. The summed E-state index contributed by atoms with van der Waals surface area (Å²) < 4.78 is 11.0. The fourth-order valence-electron chi connectivity index (χ4n) is 2.90. The van der Waals surface area contributed by atoms with Crippen LogP contribution in [0.1, 0.15) is 0 Å². The van der Waals surface area contributed by atoms with E-state index in [2.05, 4.69) is 0 Å². The Morgan fingerprint density at radius 3 is 1.46 bits per heavy atom. The van der Waals surface area contributed by atoms with E-state index in [-0.39, 0.29) is 5.78 Å². The molecular weight excluding hydrogens is 348 g/mol. The smallest absolute Gasteiger partial charge is 0.184 e. The van der Waals surface area contributed by atoms with Crippen molar-refractivity contribution in [1.29, 1.82) is 0 Å². The molecule has 0 heterocycles. The normalized spacial score (nSPS) is 11.4. The van der Waals surface area contributed by atoms with E-state index in [4.69, 9.17) is 9.47 Å². The lowest BCUT2D eigenvalue weighted by Crippen LogP contribution is -1.91. The number of ether oxygens (including phenoxy) is 2. The highest BCUT2D eigenvalue weighted by Gasteiger charge is 1.97. The van der Waals surface area contributed by atoms with Crippen LogP contribution in [-0.4, -0.2) is 5.78 Å². The summed E-state index contributed by atoms with van der Waals surface area (Å²) in [7, 11) is 0. The Labute approximate surface area is 163 Å². The molecule has 4 rings (SSSR count). The van der Waals surface area contributed by atoms with Crippen LogP contribution in [0, 0.1) is 0 Å². The first-order chi connectivity index (χ1) is 13.8. The van der Waals surface area contributed by atoms with Crippen LogP contribution in [-0.2, 0) is 4.79 Å². The summed E-state index contributed by atoms with van der Waals surface area (Å²) in [6.45, 7) is 0. The molecule has 0 bridgehead atoms. The van der Waals surface area contributed by atoms with Crippen molar-refractivity contribution in [3.8, 4) is 11.5 Å². The molecular formula is C25H18O3. The van der Waals surface area contributed by atoms with Crippen molar-refractivity contribution >= 4 is 27.3 Å². The van der Waals surface area contributed by atoms with E-state index < -0.39 is 0 Å². The van der Waals surface area contributed by atoms with E-state index in [0.717, 1.165) is 21.5 Å². The number of hydrogen-bond acceptors (Lipinski definition) is 3. The van der Waals surface area contributed by atoms with Gasteiger partial charge in [0.05, 0.1) is 12.5 Å². The van der Waals surface area contributed by atoms with Gasteiger partial charge in [-0.1, -0.05) is 60.7 Å². The Hall–Kier alpha value is -3.85. The molecule has 0 aliphatic carbocycles. The SMILES string of the molecule is O=C(C=COc1ccc2ccccc2c1)C=COc1ccc2ccccc2c1. The Kier molecular flexibility index (Phi) is 5.16. The molecule has 3 heteroatoms. The van der Waals surface area contributed by atoms with Crippen molar-refractivity contribution in [3.63, 3.8) is 0 Å². The molecule has 0 radical (unpaired) electrons. The molecule has 0 spiro atoms. The number of benzene rings is 4. The number of hydrogen-bond donors (Lipinski definition) is 0. The van der Waals surface area contributed by atoms with Gasteiger partial charge in [0, 0.05) is 12.2 Å². The van der Waals surface area contributed by atoms with E-state index in [0.29, 0.717) is 11.5 Å². The minimum absolute atomic E-state index is 0.221. The van der Waals surface area contributed by atoms with Crippen LogP contribution >= 0.6 is 0 Å². The fraction of sp³-hybridized carbons (Fsp3) is 0. The van der Waals surface area contributed by atoms with Crippen LogP contribution < -0.4 is 9.47 Å². The van der Waals surface area contributed by atoms with Crippen LogP contribution in [0.5, 0.6) is 11.5 Å². The van der Waals surface area contributed by atoms with Crippen LogP contribution in [0.15, 0.2) is 110 Å². The number of ketones is 1. The van der Waals surface area contributed by atoms with E-state index in [9.17, 15) is 4.79 Å². The van der Waals surface area contributed by atoms with Crippen molar-refractivity contribution in [2.24, 2.45) is 0 Å². The number of carbonyl (C=O) groups is 1. The number of carbonyl (C=O) groups excluding carboxylic acids is 1.